The minimum absolute atomic E-state index is 0.121. The summed E-state index contributed by atoms with van der Waals surface area (Å²) in [4.78, 5) is 11.6. The summed E-state index contributed by atoms with van der Waals surface area (Å²) >= 11 is 1.74. The van der Waals surface area contributed by atoms with Crippen molar-refractivity contribution >= 4 is 17.3 Å². The van der Waals surface area contributed by atoms with E-state index in [0.29, 0.717) is 0 Å². The summed E-state index contributed by atoms with van der Waals surface area (Å²) in [6.45, 7) is 12.0. The lowest BCUT2D eigenvalue weighted by Crippen LogP contribution is -2.38. The molecule has 1 aromatic heterocycles. The van der Waals surface area contributed by atoms with Crippen LogP contribution in [0.15, 0.2) is 10.4 Å². The molecule has 0 spiro atoms. The number of nitrogens with zero attached hydrogens (tertiary/aromatic N) is 3. The minimum atomic E-state index is 0.121. The number of guanidine groups is 1. The molecule has 0 unspecified atom stereocenters. The molecule has 1 saturated heterocycles. The van der Waals surface area contributed by atoms with E-state index in [1.165, 1.54) is 50.3 Å². The third-order valence-electron chi connectivity index (χ3n) is 4.50. The molecule has 0 radical (unpaired) electrons. The van der Waals surface area contributed by atoms with E-state index in [9.17, 15) is 0 Å². The first-order valence-electron chi connectivity index (χ1n) is 9.61. The van der Waals surface area contributed by atoms with E-state index in [-0.39, 0.29) is 5.41 Å². The van der Waals surface area contributed by atoms with Gasteiger partial charge in [-0.2, -0.15) is 0 Å². The van der Waals surface area contributed by atoms with Crippen LogP contribution in [-0.4, -0.2) is 49.1 Å². The number of hydrogen-bond donors (Lipinski definition) is 2. The standard InChI is InChI=1S/C19H35N5S/c1-19(2,3)17-23-16(15-25-17)14-22-18(20-4)21-10-9-13-24-11-7-5-6-8-12-24/h15H,5-14H2,1-4H3,(H2,20,21,22). The van der Waals surface area contributed by atoms with Gasteiger partial charge in [0.2, 0.25) is 0 Å². The van der Waals surface area contributed by atoms with Crippen LogP contribution in [0.3, 0.4) is 0 Å². The van der Waals surface area contributed by atoms with Crippen molar-refractivity contribution in [3.63, 3.8) is 0 Å². The summed E-state index contributed by atoms with van der Waals surface area (Å²) in [5.74, 6) is 0.862. The second kappa shape index (κ2) is 10.1. The normalized spacial score (nSPS) is 17.4. The topological polar surface area (TPSA) is 52.6 Å². The van der Waals surface area contributed by atoms with Crippen LogP contribution in [0, 0.1) is 0 Å². The zero-order valence-corrected chi connectivity index (χ0v) is 17.2. The molecule has 2 rings (SSSR count). The maximum atomic E-state index is 4.72. The van der Waals surface area contributed by atoms with E-state index in [1.807, 2.05) is 7.05 Å². The molecule has 0 atom stereocenters. The third kappa shape index (κ3) is 7.32. The van der Waals surface area contributed by atoms with Crippen LogP contribution in [-0.2, 0) is 12.0 Å². The molecule has 25 heavy (non-hydrogen) atoms. The Bertz CT molecular complexity index is 524. The SMILES string of the molecule is CN=C(NCCCN1CCCCCC1)NCc1csc(C(C)(C)C)n1. The monoisotopic (exact) mass is 365 g/mol. The van der Waals surface area contributed by atoms with Crippen molar-refractivity contribution in [1.29, 1.82) is 0 Å². The minimum Gasteiger partial charge on any atom is -0.356 e. The Morgan fingerprint density at radius 3 is 2.52 bits per heavy atom. The number of likely N-dealkylation sites (tertiary alicyclic amines) is 1. The zero-order valence-electron chi connectivity index (χ0n) is 16.4. The van der Waals surface area contributed by atoms with E-state index in [1.54, 1.807) is 11.3 Å². The number of rotatable bonds is 6. The maximum absolute atomic E-state index is 4.72. The molecule has 1 aliphatic rings. The Hall–Kier alpha value is -1.14. The Morgan fingerprint density at radius 1 is 1.20 bits per heavy atom. The van der Waals surface area contributed by atoms with Crippen molar-refractivity contribution in [2.24, 2.45) is 4.99 Å². The number of hydrogen-bond acceptors (Lipinski definition) is 4. The highest BCUT2D eigenvalue weighted by Crippen LogP contribution is 2.25. The lowest BCUT2D eigenvalue weighted by molar-refractivity contribution is 0.282. The van der Waals surface area contributed by atoms with Gasteiger partial charge in [-0.3, -0.25) is 4.99 Å². The van der Waals surface area contributed by atoms with Gasteiger partial charge in [0.05, 0.1) is 17.2 Å². The first-order chi connectivity index (χ1) is 12.0. The molecule has 0 bridgehead atoms. The molecular formula is C19H35N5S. The van der Waals surface area contributed by atoms with Crippen LogP contribution < -0.4 is 10.6 Å². The third-order valence-corrected chi connectivity index (χ3v) is 5.81. The summed E-state index contributed by atoms with van der Waals surface area (Å²) in [6, 6.07) is 0. The van der Waals surface area contributed by atoms with E-state index < -0.39 is 0 Å². The van der Waals surface area contributed by atoms with Gasteiger partial charge in [-0.1, -0.05) is 33.6 Å². The van der Waals surface area contributed by atoms with E-state index in [4.69, 9.17) is 4.98 Å². The largest absolute Gasteiger partial charge is 0.356 e. The fourth-order valence-electron chi connectivity index (χ4n) is 3.00. The van der Waals surface area contributed by atoms with E-state index >= 15 is 0 Å². The van der Waals surface area contributed by atoms with E-state index in [2.05, 4.69) is 46.7 Å². The highest BCUT2D eigenvalue weighted by Gasteiger charge is 2.17. The Kier molecular flexibility index (Phi) is 8.16. The average Bonchev–Trinajstić information content (AvgIpc) is 2.91. The molecular weight excluding hydrogens is 330 g/mol. The van der Waals surface area contributed by atoms with Crippen LogP contribution in [0.1, 0.15) is 63.6 Å². The quantitative estimate of drug-likeness (QED) is 0.461. The highest BCUT2D eigenvalue weighted by molar-refractivity contribution is 7.09. The van der Waals surface area contributed by atoms with Crippen LogP contribution >= 0.6 is 11.3 Å². The van der Waals surface area contributed by atoms with Gasteiger partial charge in [-0.05, 0) is 38.9 Å². The molecule has 1 fully saturated rings. The molecule has 0 amide bonds. The summed E-state index contributed by atoms with van der Waals surface area (Å²) < 4.78 is 0. The van der Waals surface area contributed by atoms with Crippen LogP contribution in [0.2, 0.25) is 0 Å². The smallest absolute Gasteiger partial charge is 0.191 e. The van der Waals surface area contributed by atoms with Crippen molar-refractivity contribution in [3.05, 3.63) is 16.1 Å². The molecule has 5 nitrogen and oxygen atoms in total. The summed E-state index contributed by atoms with van der Waals surface area (Å²) in [7, 11) is 1.83. The van der Waals surface area contributed by atoms with Crippen LogP contribution in [0.4, 0.5) is 0 Å². The number of aromatic nitrogens is 1. The highest BCUT2D eigenvalue weighted by atomic mass is 32.1. The summed E-state index contributed by atoms with van der Waals surface area (Å²) in [6.07, 6.45) is 6.69. The second-order valence-electron chi connectivity index (χ2n) is 7.86. The van der Waals surface area contributed by atoms with E-state index in [0.717, 1.165) is 31.2 Å². The first kappa shape index (κ1) is 20.2. The zero-order chi connectivity index (χ0) is 18.1. The second-order valence-corrected chi connectivity index (χ2v) is 8.71. The first-order valence-corrected chi connectivity index (χ1v) is 10.5. The molecule has 1 aromatic rings. The van der Waals surface area contributed by atoms with Crippen molar-refractivity contribution in [2.75, 3.05) is 33.2 Å². The van der Waals surface area contributed by atoms with Gasteiger partial charge < -0.3 is 15.5 Å². The lowest BCUT2D eigenvalue weighted by atomic mass is 9.98. The Morgan fingerprint density at radius 2 is 1.92 bits per heavy atom. The lowest BCUT2D eigenvalue weighted by Gasteiger charge is -2.20. The van der Waals surface area contributed by atoms with Gasteiger partial charge in [0.15, 0.2) is 5.96 Å². The van der Waals surface area contributed by atoms with Crippen molar-refractivity contribution < 1.29 is 0 Å². The Labute approximate surface area is 157 Å². The van der Waals surface area contributed by atoms with Gasteiger partial charge >= 0.3 is 0 Å². The van der Waals surface area contributed by atoms with Crippen LogP contribution in [0.25, 0.3) is 0 Å². The molecule has 2 N–H and O–H groups in total. The molecule has 0 saturated carbocycles. The van der Waals surface area contributed by atoms with Gasteiger partial charge in [0.1, 0.15) is 0 Å². The van der Waals surface area contributed by atoms with Gasteiger partial charge in [0.25, 0.3) is 0 Å². The molecule has 2 heterocycles. The van der Waals surface area contributed by atoms with Crippen molar-refractivity contribution in [2.45, 2.75) is 64.8 Å². The molecule has 6 heteroatoms. The van der Waals surface area contributed by atoms with Crippen LogP contribution in [0.5, 0.6) is 0 Å². The van der Waals surface area contributed by atoms with Gasteiger partial charge in [0, 0.05) is 24.4 Å². The predicted octanol–water partition coefficient (Wildman–Crippen LogP) is 3.37. The maximum Gasteiger partial charge on any atom is 0.191 e. The fraction of sp³-hybridized carbons (Fsp3) is 0.789. The van der Waals surface area contributed by atoms with Gasteiger partial charge in [-0.15, -0.1) is 11.3 Å². The van der Waals surface area contributed by atoms with Crippen molar-refractivity contribution in [1.82, 2.24) is 20.5 Å². The summed E-state index contributed by atoms with van der Waals surface area (Å²) in [5, 5.41) is 10.1. The molecule has 1 aliphatic heterocycles. The number of nitrogens with one attached hydrogen (secondary N) is 2. The number of thiazole rings is 1. The summed E-state index contributed by atoms with van der Waals surface area (Å²) in [5.41, 5.74) is 1.21. The predicted molar refractivity (Wildman–Crippen MR) is 109 cm³/mol. The Balaban J connectivity index is 1.66. The molecule has 0 aliphatic carbocycles. The number of aliphatic imine (C=N–C) groups is 1. The van der Waals surface area contributed by atoms with Gasteiger partial charge in [-0.25, -0.2) is 4.98 Å². The fourth-order valence-corrected chi connectivity index (χ4v) is 3.90. The average molecular weight is 366 g/mol. The molecule has 0 aromatic carbocycles. The van der Waals surface area contributed by atoms with Crippen molar-refractivity contribution in [3.8, 4) is 0 Å². The molecule has 142 valence electrons.